The van der Waals surface area contributed by atoms with E-state index in [2.05, 4.69) is 181 Å². The van der Waals surface area contributed by atoms with Gasteiger partial charge in [0.15, 0.2) is 5.69 Å². The summed E-state index contributed by atoms with van der Waals surface area (Å²) in [6.07, 6.45) is 7.74. The maximum absolute atomic E-state index is 12.0. The Balaban J connectivity index is 0.000000130. The summed E-state index contributed by atoms with van der Waals surface area (Å²) in [6.45, 7) is 17.8. The first kappa shape index (κ1) is 103. The van der Waals surface area contributed by atoms with Gasteiger partial charge in [-0.05, 0) is 178 Å². The average molecular weight is 1970 g/mol. The van der Waals surface area contributed by atoms with Crippen LogP contribution < -0.4 is 78.3 Å². The van der Waals surface area contributed by atoms with Crippen LogP contribution in [0.2, 0.25) is 0 Å². The molecule has 7 aliphatic heterocycles. The number of morpholine rings is 1. The van der Waals surface area contributed by atoms with Gasteiger partial charge in [0, 0.05) is 172 Å². The van der Waals surface area contributed by atoms with Gasteiger partial charge in [0.25, 0.3) is 0 Å². The molecule has 1 saturated heterocycles. The van der Waals surface area contributed by atoms with E-state index in [1.807, 2.05) is 239 Å². The summed E-state index contributed by atoms with van der Waals surface area (Å²) >= 11 is 0. The van der Waals surface area contributed by atoms with Crippen molar-refractivity contribution in [3.05, 3.63) is 283 Å². The van der Waals surface area contributed by atoms with Crippen molar-refractivity contribution < 1.29 is 50.3 Å². The number of nitrogens with zero attached hydrogens (tertiary/aromatic N) is 5. The first-order chi connectivity index (χ1) is 69.1. The van der Waals surface area contributed by atoms with Crippen LogP contribution in [0.25, 0.3) is 78.2 Å². The summed E-state index contributed by atoms with van der Waals surface area (Å²) in [5.74, 6) is 0.298. The average Bonchev–Trinajstić information content (AvgIpc) is 1.58. The van der Waals surface area contributed by atoms with Crippen molar-refractivity contribution in [3.63, 3.8) is 0 Å². The molecule has 6 amide bonds. The molecule has 8 heterocycles. The molecular formula is C113H124N18O11S2. The summed E-state index contributed by atoms with van der Waals surface area (Å²) in [7, 11) is -0.309. The fourth-order valence-corrected chi connectivity index (χ4v) is 19.3. The number of para-hydroxylation sites is 6. The van der Waals surface area contributed by atoms with Crippen LogP contribution in [-0.4, -0.2) is 157 Å². The first-order valence-corrected chi connectivity index (χ1v) is 52.3. The van der Waals surface area contributed by atoms with Crippen LogP contribution >= 0.6 is 0 Å². The number of nitriles is 1. The van der Waals surface area contributed by atoms with Gasteiger partial charge in [0.1, 0.15) is 15.9 Å². The number of hydrogen-bond donors (Lipinski definition) is 13. The number of ether oxygens (including phenoxy) is 1. The van der Waals surface area contributed by atoms with Crippen molar-refractivity contribution in [1.82, 2.24) is 14.5 Å². The van der Waals surface area contributed by atoms with Gasteiger partial charge in [-0.25, -0.2) is 21.6 Å². The molecule has 7 aliphatic rings. The number of hydrogen-bond acceptors (Lipinski definition) is 21. The van der Waals surface area contributed by atoms with Crippen molar-refractivity contribution >= 4 is 157 Å². The van der Waals surface area contributed by atoms with Crippen LogP contribution in [0.5, 0.6) is 0 Å². The SMILES string of the molecule is C/C(=C\c1ccccc1)c1cccc2c1N[C@H](C)CC(=O)N2.C[C@@H]1CC(=O)Nc2cccc(-c3ccc(CNS(C)(=O)=O)cc3)c2N1.C[C@@H]1CC(=O)Nc2cccc(-c3ccc4c(c3)c(C#N)nn4C)c2N1.C[C@@H]1CC(=O)Nc2cccc(-c3cccc(CCS(C)(=O)=O)c3)c2N1.C[C@@H]1CC(=O)Nc2cccc(-c3cccc(N(C)C)c3)c2N1.C[C@@H]1CC(=O)Nc2cccc(-c3cccc(N4CCOCC4)c3)c2N1. The molecule has 12 aromatic carbocycles. The Labute approximate surface area is 842 Å². The highest BCUT2D eigenvalue weighted by molar-refractivity contribution is 7.90. The number of amides is 6. The van der Waals surface area contributed by atoms with E-state index in [-0.39, 0.29) is 84.0 Å². The molecule has 1 aromatic heterocycles. The number of carbonyl (C=O) groups is 6. The van der Waals surface area contributed by atoms with Gasteiger partial charge in [-0.3, -0.25) is 33.4 Å². The molecule has 0 radical (unpaired) electrons. The van der Waals surface area contributed by atoms with Crippen LogP contribution in [0.4, 0.5) is 79.6 Å². The van der Waals surface area contributed by atoms with Gasteiger partial charge in [-0.2, -0.15) is 10.4 Å². The number of sulfonamides is 1. The van der Waals surface area contributed by atoms with E-state index in [9.17, 15) is 50.9 Å². The highest BCUT2D eigenvalue weighted by Gasteiger charge is 2.29. The zero-order valence-corrected chi connectivity index (χ0v) is 84.7. The number of aryl methyl sites for hydroxylation is 2. The molecule has 744 valence electrons. The second-order valence-corrected chi connectivity index (χ2v) is 41.8. The lowest BCUT2D eigenvalue weighted by Crippen LogP contribution is -2.36. The van der Waals surface area contributed by atoms with Gasteiger partial charge in [0.2, 0.25) is 45.5 Å². The smallest absolute Gasteiger partial charge is 0.226 e. The molecule has 13 aromatic rings. The predicted molar refractivity (Wildman–Crippen MR) is 585 cm³/mol. The largest absolute Gasteiger partial charge is 0.380 e. The summed E-state index contributed by atoms with van der Waals surface area (Å²) in [5.41, 5.74) is 30.1. The topological polar surface area (TPSA) is 384 Å². The lowest BCUT2D eigenvalue weighted by molar-refractivity contribution is -0.117. The first-order valence-electron chi connectivity index (χ1n) is 48.4. The van der Waals surface area contributed by atoms with Crippen molar-refractivity contribution in [2.75, 3.05) is 132 Å². The molecule has 144 heavy (non-hydrogen) atoms. The summed E-state index contributed by atoms with van der Waals surface area (Å²) < 4.78 is 54.8. The van der Waals surface area contributed by atoms with Crippen LogP contribution in [0, 0.1) is 11.3 Å². The lowest BCUT2D eigenvalue weighted by atomic mass is 9.99. The minimum absolute atomic E-state index is 0.00176. The third-order valence-electron chi connectivity index (χ3n) is 25.2. The molecule has 20 rings (SSSR count). The Bertz CT molecular complexity index is 7260. The van der Waals surface area contributed by atoms with Crippen LogP contribution in [0.1, 0.15) is 115 Å². The highest BCUT2D eigenvalue weighted by Crippen LogP contribution is 2.45. The molecular weight excluding hydrogens is 1850 g/mol. The van der Waals surface area contributed by atoms with Gasteiger partial charge < -0.3 is 78.3 Å². The number of aromatic nitrogens is 2. The van der Waals surface area contributed by atoms with E-state index in [0.717, 1.165) is 190 Å². The Morgan fingerprint density at radius 1 is 0.431 bits per heavy atom. The number of rotatable bonds is 15. The van der Waals surface area contributed by atoms with Crippen LogP contribution in [0.3, 0.4) is 0 Å². The Morgan fingerprint density at radius 3 is 1.23 bits per heavy atom. The van der Waals surface area contributed by atoms with E-state index >= 15 is 0 Å². The van der Waals surface area contributed by atoms with Crippen molar-refractivity contribution in [1.29, 1.82) is 5.26 Å². The van der Waals surface area contributed by atoms with E-state index in [1.165, 1.54) is 23.1 Å². The third-order valence-corrected chi connectivity index (χ3v) is 26.8. The Kier molecular flexibility index (Phi) is 33.1. The number of allylic oxidation sites excluding steroid dienone is 1. The number of sulfone groups is 1. The molecule has 0 spiro atoms. The standard InChI is InChI=1S/C20H23N3O2.C19H17N5O.C19H22N2O3S.C19H20N2O.C18H21N3O3S.C18H21N3O/c1-14-12-19(24)22-18-7-3-6-17(20(18)21-14)15-4-2-5-16(13-15)23-8-10-25-11-9-23;1-11-8-18(25)22-15-5-3-4-13(19(15)21-11)12-6-7-17-14(9-12)16(10-20)23-24(17)2;1-13-11-18(22)21-17-8-4-7-16(19(17)20-13)15-6-3-5-14(12-15)9-10-25(2,23)24;1-13(11-15-7-4-3-5-8-15)16-9-6-10-17-19(16)20-14(2)12-18(22)21-17;1-12-10-17(22)21-16-5-3-4-15(18(16)20-12)14-8-6-13(7-9-14)11-19-25(2,23)24;1-12-10-17(22)20-16-9-5-8-15(18(16)19-12)13-6-4-7-14(11-13)21(2)3/h2-7,13-14,21H,8-12H2,1H3,(H,22,24);3-7,9,11,21H,8H2,1-2H3,(H,22,25);3-8,12-13,20H,9-11H2,1-2H3,(H,21,22);3-11,14,20H,12H2,1-2H3,(H,21,22);3-9,12,19-20H,10-11H2,1-2H3,(H,21,22);4-9,11-12,19H,10H2,1-3H3,(H,20,22)/b;;;13-11+;;/t14-;11-;13-;14-;2*12-/m111111/s1. The summed E-state index contributed by atoms with van der Waals surface area (Å²) in [4.78, 5) is 76.0. The number of carbonyl (C=O) groups excluding carboxylic acids is 6. The molecule has 6 atom stereocenters. The molecule has 0 unspecified atom stereocenters. The number of nitrogens with one attached hydrogen (secondary N) is 13. The second-order valence-electron chi connectivity index (χ2n) is 37.7. The fraction of sp³-hybridized carbons (Fsp3) is 0.274. The van der Waals surface area contributed by atoms with Crippen LogP contribution in [0.15, 0.2) is 255 Å². The minimum Gasteiger partial charge on any atom is -0.380 e. The van der Waals surface area contributed by atoms with Crippen molar-refractivity contribution in [2.45, 2.75) is 136 Å². The fourth-order valence-electron chi connectivity index (χ4n) is 18.3. The molecule has 13 N–H and O–H groups in total. The summed E-state index contributed by atoms with van der Waals surface area (Å²) in [5, 5.41) is 52.9. The summed E-state index contributed by atoms with van der Waals surface area (Å²) in [6, 6.07) is 86.9. The molecule has 1 fully saturated rings. The van der Waals surface area contributed by atoms with E-state index in [1.54, 1.807) is 4.68 Å². The molecule has 31 heteroatoms. The van der Waals surface area contributed by atoms with Gasteiger partial charge in [0.05, 0.1) is 99.0 Å². The molecule has 0 bridgehead atoms. The predicted octanol–water partition coefficient (Wildman–Crippen LogP) is 20.2. The van der Waals surface area contributed by atoms with Gasteiger partial charge in [-0.1, -0.05) is 188 Å². The zero-order chi connectivity index (χ0) is 102. The number of fused-ring (bicyclic) bond motifs is 7. The second kappa shape index (κ2) is 46.4. The van der Waals surface area contributed by atoms with E-state index < -0.39 is 19.9 Å². The molecule has 29 nitrogen and oxygen atoms in total. The maximum Gasteiger partial charge on any atom is 0.226 e. The highest BCUT2D eigenvalue weighted by atomic mass is 32.2. The monoisotopic (exact) mass is 1970 g/mol. The van der Waals surface area contributed by atoms with Crippen molar-refractivity contribution in [3.8, 4) is 61.7 Å². The minimum atomic E-state index is -3.21. The Morgan fingerprint density at radius 2 is 0.806 bits per heavy atom. The zero-order valence-electron chi connectivity index (χ0n) is 83.0. The maximum atomic E-state index is 12.0. The molecule has 0 aliphatic carbocycles. The van der Waals surface area contributed by atoms with E-state index in [0.29, 0.717) is 50.6 Å². The number of anilines is 14. The van der Waals surface area contributed by atoms with Crippen molar-refractivity contribution in [2.24, 2.45) is 7.05 Å². The van der Waals surface area contributed by atoms with E-state index in [4.69, 9.17) is 4.74 Å². The number of benzene rings is 12. The lowest BCUT2D eigenvalue weighted by Gasteiger charge is -2.29. The normalized spacial score (nSPS) is 17.7. The third kappa shape index (κ3) is 27.0. The van der Waals surface area contributed by atoms with Crippen LogP contribution in [-0.2, 0) is 73.4 Å². The van der Waals surface area contributed by atoms with Gasteiger partial charge >= 0.3 is 0 Å². The van der Waals surface area contributed by atoms with Gasteiger partial charge in [-0.15, -0.1) is 0 Å². The quantitative estimate of drug-likeness (QED) is 0.0424. The molecule has 0 saturated carbocycles. The Hall–Kier alpha value is -15.6.